The van der Waals surface area contributed by atoms with Crippen LogP contribution in [0.2, 0.25) is 0 Å². The molecule has 1 heterocycles. The van der Waals surface area contributed by atoms with E-state index in [4.69, 9.17) is 4.74 Å². The monoisotopic (exact) mass is 293 g/mol. The second-order valence-electron chi connectivity index (χ2n) is 3.93. The van der Waals surface area contributed by atoms with Crippen LogP contribution in [-0.4, -0.2) is 18.7 Å². The minimum Gasteiger partial charge on any atom is -0.381 e. The van der Waals surface area contributed by atoms with Crippen molar-refractivity contribution in [1.82, 2.24) is 4.98 Å². The van der Waals surface area contributed by atoms with E-state index >= 15 is 0 Å². The lowest BCUT2D eigenvalue weighted by Crippen LogP contribution is -1.87. The van der Waals surface area contributed by atoms with E-state index in [9.17, 15) is 0 Å². The number of aromatic nitrogens is 1. The molecule has 2 aromatic rings. The number of methoxy groups -OCH3 is 1. The zero-order chi connectivity index (χ0) is 12.3. The number of aromatic amines is 1. The van der Waals surface area contributed by atoms with Gasteiger partial charge in [-0.25, -0.2) is 0 Å². The average Bonchev–Trinajstić information content (AvgIpc) is 2.73. The SMILES string of the molecule is CC/C(=C\COC)c1c[nH]c2cc(Br)ccc12. The van der Waals surface area contributed by atoms with Crippen molar-refractivity contribution in [2.45, 2.75) is 13.3 Å². The van der Waals surface area contributed by atoms with E-state index in [1.54, 1.807) is 7.11 Å². The van der Waals surface area contributed by atoms with Crippen LogP contribution in [0.25, 0.3) is 16.5 Å². The number of ether oxygens (including phenoxy) is 1. The highest BCUT2D eigenvalue weighted by atomic mass is 79.9. The molecular weight excluding hydrogens is 278 g/mol. The Morgan fingerprint density at radius 2 is 2.29 bits per heavy atom. The Balaban J connectivity index is 2.47. The zero-order valence-corrected chi connectivity index (χ0v) is 11.7. The molecule has 0 unspecified atom stereocenters. The topological polar surface area (TPSA) is 25.0 Å². The second-order valence-corrected chi connectivity index (χ2v) is 4.85. The predicted octanol–water partition coefficient (Wildman–Crippen LogP) is 4.37. The van der Waals surface area contributed by atoms with Crippen LogP contribution in [0.3, 0.4) is 0 Å². The van der Waals surface area contributed by atoms with Gasteiger partial charge in [0.2, 0.25) is 0 Å². The third-order valence-electron chi connectivity index (χ3n) is 2.87. The lowest BCUT2D eigenvalue weighted by atomic mass is 10.0. The van der Waals surface area contributed by atoms with Gasteiger partial charge < -0.3 is 9.72 Å². The summed E-state index contributed by atoms with van der Waals surface area (Å²) in [4.78, 5) is 3.31. The van der Waals surface area contributed by atoms with Gasteiger partial charge >= 0.3 is 0 Å². The first kappa shape index (κ1) is 12.4. The Labute approximate surface area is 110 Å². The Morgan fingerprint density at radius 1 is 1.47 bits per heavy atom. The quantitative estimate of drug-likeness (QED) is 0.890. The molecule has 0 aliphatic heterocycles. The fourth-order valence-corrected chi connectivity index (χ4v) is 2.35. The number of allylic oxidation sites excluding steroid dienone is 1. The molecule has 2 rings (SSSR count). The van der Waals surface area contributed by atoms with Crippen LogP contribution >= 0.6 is 15.9 Å². The summed E-state index contributed by atoms with van der Waals surface area (Å²) in [6.45, 7) is 2.82. The van der Waals surface area contributed by atoms with E-state index in [0.29, 0.717) is 6.61 Å². The van der Waals surface area contributed by atoms with E-state index in [0.717, 1.165) is 16.4 Å². The summed E-state index contributed by atoms with van der Waals surface area (Å²) in [5.41, 5.74) is 3.75. The Hall–Kier alpha value is -1.06. The summed E-state index contributed by atoms with van der Waals surface area (Å²) in [6, 6.07) is 6.31. The fraction of sp³-hybridized carbons (Fsp3) is 0.286. The highest BCUT2D eigenvalue weighted by molar-refractivity contribution is 9.10. The molecule has 0 spiro atoms. The summed E-state index contributed by atoms with van der Waals surface area (Å²) < 4.78 is 6.20. The highest BCUT2D eigenvalue weighted by Gasteiger charge is 2.07. The Kier molecular flexibility index (Phi) is 4.02. The normalized spacial score (nSPS) is 12.3. The minimum absolute atomic E-state index is 0.659. The third kappa shape index (κ3) is 2.61. The zero-order valence-electron chi connectivity index (χ0n) is 10.1. The number of fused-ring (bicyclic) bond motifs is 1. The van der Waals surface area contributed by atoms with Crippen molar-refractivity contribution in [2.24, 2.45) is 0 Å². The molecule has 0 aliphatic carbocycles. The van der Waals surface area contributed by atoms with Gasteiger partial charge in [-0.15, -0.1) is 0 Å². The smallest absolute Gasteiger partial charge is 0.0649 e. The van der Waals surface area contributed by atoms with Gasteiger partial charge in [0.15, 0.2) is 0 Å². The van der Waals surface area contributed by atoms with Crippen LogP contribution in [0.1, 0.15) is 18.9 Å². The maximum atomic E-state index is 5.11. The van der Waals surface area contributed by atoms with Crippen molar-refractivity contribution in [2.75, 3.05) is 13.7 Å². The number of H-pyrrole nitrogens is 1. The molecule has 17 heavy (non-hydrogen) atoms. The number of hydrogen-bond acceptors (Lipinski definition) is 1. The van der Waals surface area contributed by atoms with Crippen LogP contribution in [-0.2, 0) is 4.74 Å². The molecule has 3 heteroatoms. The van der Waals surface area contributed by atoms with Crippen molar-refractivity contribution >= 4 is 32.4 Å². The molecule has 1 aromatic carbocycles. The van der Waals surface area contributed by atoms with Gasteiger partial charge in [-0.05, 0) is 24.1 Å². The van der Waals surface area contributed by atoms with E-state index in [-0.39, 0.29) is 0 Å². The van der Waals surface area contributed by atoms with Crippen molar-refractivity contribution in [3.8, 4) is 0 Å². The van der Waals surface area contributed by atoms with Crippen LogP contribution in [0.5, 0.6) is 0 Å². The van der Waals surface area contributed by atoms with Crippen molar-refractivity contribution in [1.29, 1.82) is 0 Å². The second kappa shape index (κ2) is 5.52. The van der Waals surface area contributed by atoms with Gasteiger partial charge in [0, 0.05) is 34.2 Å². The summed E-state index contributed by atoms with van der Waals surface area (Å²) in [5, 5.41) is 1.26. The van der Waals surface area contributed by atoms with Gasteiger partial charge in [0.25, 0.3) is 0 Å². The van der Waals surface area contributed by atoms with E-state index in [1.165, 1.54) is 16.5 Å². The molecule has 0 atom stereocenters. The number of halogens is 1. The molecular formula is C14H16BrNO. The lowest BCUT2D eigenvalue weighted by molar-refractivity contribution is 0.234. The Morgan fingerprint density at radius 3 is 3.00 bits per heavy atom. The molecule has 1 aromatic heterocycles. The Bertz CT molecular complexity index is 542. The predicted molar refractivity (Wildman–Crippen MR) is 76.1 cm³/mol. The minimum atomic E-state index is 0.659. The molecule has 2 nitrogen and oxygen atoms in total. The number of rotatable bonds is 4. The molecule has 0 fully saturated rings. The summed E-state index contributed by atoms with van der Waals surface area (Å²) in [7, 11) is 1.72. The van der Waals surface area contributed by atoms with E-state index in [1.807, 2.05) is 0 Å². The summed E-state index contributed by atoms with van der Waals surface area (Å²) in [6.07, 6.45) is 5.22. The first-order chi connectivity index (χ1) is 8.26. The van der Waals surface area contributed by atoms with Gasteiger partial charge in [-0.3, -0.25) is 0 Å². The number of nitrogens with one attached hydrogen (secondary N) is 1. The van der Waals surface area contributed by atoms with Gasteiger partial charge in [-0.1, -0.05) is 35.0 Å². The lowest BCUT2D eigenvalue weighted by Gasteiger charge is -2.03. The van der Waals surface area contributed by atoms with E-state index < -0.39 is 0 Å². The molecule has 0 amide bonds. The van der Waals surface area contributed by atoms with Gasteiger partial charge in [0.05, 0.1) is 6.61 Å². The summed E-state index contributed by atoms with van der Waals surface area (Å²) >= 11 is 3.48. The first-order valence-electron chi connectivity index (χ1n) is 5.71. The first-order valence-corrected chi connectivity index (χ1v) is 6.50. The van der Waals surface area contributed by atoms with Crippen molar-refractivity contribution < 1.29 is 4.74 Å². The summed E-state index contributed by atoms with van der Waals surface area (Å²) in [5.74, 6) is 0. The molecule has 0 saturated carbocycles. The van der Waals surface area contributed by atoms with Crippen molar-refractivity contribution in [3.05, 3.63) is 40.5 Å². The highest BCUT2D eigenvalue weighted by Crippen LogP contribution is 2.28. The van der Waals surface area contributed by atoms with E-state index in [2.05, 4.69) is 58.3 Å². The average molecular weight is 294 g/mol. The molecule has 0 radical (unpaired) electrons. The van der Waals surface area contributed by atoms with Crippen LogP contribution < -0.4 is 0 Å². The van der Waals surface area contributed by atoms with Crippen LogP contribution in [0.15, 0.2) is 34.9 Å². The number of benzene rings is 1. The standard InChI is InChI=1S/C14H16BrNO/c1-3-10(6-7-17-2)13-9-16-14-8-11(15)4-5-12(13)14/h4-6,8-9,16H,3,7H2,1-2H3/b10-6+. The van der Waals surface area contributed by atoms with Gasteiger partial charge in [-0.2, -0.15) is 0 Å². The molecule has 0 aliphatic rings. The largest absolute Gasteiger partial charge is 0.381 e. The van der Waals surface area contributed by atoms with Crippen molar-refractivity contribution in [3.63, 3.8) is 0 Å². The maximum Gasteiger partial charge on any atom is 0.0649 e. The molecule has 0 bridgehead atoms. The fourth-order valence-electron chi connectivity index (χ4n) is 1.99. The van der Waals surface area contributed by atoms with Crippen LogP contribution in [0.4, 0.5) is 0 Å². The molecule has 1 N–H and O–H groups in total. The van der Waals surface area contributed by atoms with Crippen LogP contribution in [0, 0.1) is 0 Å². The third-order valence-corrected chi connectivity index (χ3v) is 3.36. The van der Waals surface area contributed by atoms with Gasteiger partial charge in [0.1, 0.15) is 0 Å². The number of hydrogen-bond donors (Lipinski definition) is 1. The molecule has 0 saturated heterocycles. The molecule has 90 valence electrons. The maximum absolute atomic E-state index is 5.11.